The van der Waals surface area contributed by atoms with Gasteiger partial charge < -0.3 is 19.4 Å². The molecule has 150 valence electrons. The first-order chi connectivity index (χ1) is 13.9. The summed E-state index contributed by atoms with van der Waals surface area (Å²) in [7, 11) is 1.29. The highest BCUT2D eigenvalue weighted by Gasteiger charge is 2.14. The zero-order valence-corrected chi connectivity index (χ0v) is 16.5. The van der Waals surface area contributed by atoms with E-state index in [1.807, 2.05) is 41.8 Å². The lowest BCUT2D eigenvalue weighted by Gasteiger charge is -2.11. The summed E-state index contributed by atoms with van der Waals surface area (Å²) in [6.45, 7) is 3.31. The molecule has 3 aromatic rings. The summed E-state index contributed by atoms with van der Waals surface area (Å²) in [5, 5.41) is 3.69. The third-order valence-electron chi connectivity index (χ3n) is 4.60. The lowest BCUT2D eigenvalue weighted by molar-refractivity contribution is -0.147. The number of nitrogens with one attached hydrogen (secondary N) is 1. The van der Waals surface area contributed by atoms with Crippen LogP contribution < -0.4 is 5.32 Å². The lowest BCUT2D eigenvalue weighted by atomic mass is 10.1. The van der Waals surface area contributed by atoms with Crippen molar-refractivity contribution in [3.8, 4) is 0 Å². The lowest BCUT2D eigenvalue weighted by Crippen LogP contribution is -2.23. The van der Waals surface area contributed by atoms with Crippen molar-refractivity contribution in [2.24, 2.45) is 0 Å². The minimum atomic E-state index is -0.510. The Labute approximate surface area is 168 Å². The van der Waals surface area contributed by atoms with Gasteiger partial charge in [0.05, 0.1) is 12.7 Å². The smallest absolute Gasteiger partial charge is 0.337 e. The highest BCUT2D eigenvalue weighted by atomic mass is 16.5. The van der Waals surface area contributed by atoms with Crippen LogP contribution in [0.2, 0.25) is 0 Å². The van der Waals surface area contributed by atoms with E-state index >= 15 is 0 Å². The molecule has 1 amide bonds. The molecular weight excluding hydrogens is 372 g/mol. The van der Waals surface area contributed by atoms with Gasteiger partial charge in [-0.3, -0.25) is 9.59 Å². The number of aromatic nitrogens is 1. The van der Waals surface area contributed by atoms with Crippen molar-refractivity contribution in [1.29, 1.82) is 0 Å². The Morgan fingerprint density at radius 2 is 1.79 bits per heavy atom. The molecule has 0 saturated carbocycles. The fourth-order valence-corrected chi connectivity index (χ4v) is 3.07. The van der Waals surface area contributed by atoms with E-state index < -0.39 is 24.5 Å². The van der Waals surface area contributed by atoms with Crippen molar-refractivity contribution in [2.45, 2.75) is 20.4 Å². The second kappa shape index (κ2) is 8.60. The molecule has 0 atom stereocenters. The van der Waals surface area contributed by atoms with Gasteiger partial charge in [0.25, 0.3) is 5.91 Å². The number of carbonyl (C=O) groups excluding carboxylic acids is 3. The molecule has 1 heterocycles. The average Bonchev–Trinajstić information content (AvgIpc) is 3.02. The highest BCUT2D eigenvalue weighted by Crippen LogP contribution is 2.19. The summed E-state index contributed by atoms with van der Waals surface area (Å²) in [6, 6.07) is 14.6. The van der Waals surface area contributed by atoms with E-state index in [0.29, 0.717) is 11.3 Å². The Hall–Kier alpha value is -3.61. The zero-order valence-electron chi connectivity index (χ0n) is 16.5. The van der Waals surface area contributed by atoms with Crippen molar-refractivity contribution in [3.63, 3.8) is 0 Å². The fraction of sp³-hybridized carbons (Fsp3) is 0.227. The Morgan fingerprint density at radius 3 is 2.55 bits per heavy atom. The van der Waals surface area contributed by atoms with Crippen LogP contribution in [-0.2, 0) is 25.6 Å². The van der Waals surface area contributed by atoms with Gasteiger partial charge in [-0.2, -0.15) is 0 Å². The summed E-state index contributed by atoms with van der Waals surface area (Å²) >= 11 is 0. The molecule has 0 aliphatic rings. The molecule has 2 aromatic carbocycles. The monoisotopic (exact) mass is 394 g/mol. The summed E-state index contributed by atoms with van der Waals surface area (Å²) in [5.74, 6) is -1.50. The number of aryl methyl sites for hydroxylation is 2. The molecule has 29 heavy (non-hydrogen) atoms. The first-order valence-electron chi connectivity index (χ1n) is 9.08. The van der Waals surface area contributed by atoms with Crippen LogP contribution in [0.25, 0.3) is 10.9 Å². The molecule has 7 nitrogen and oxygen atoms in total. The maximum absolute atomic E-state index is 12.2. The normalized spacial score (nSPS) is 10.6. The van der Waals surface area contributed by atoms with Crippen molar-refractivity contribution in [1.82, 2.24) is 4.57 Å². The molecular formula is C22H22N2O5. The van der Waals surface area contributed by atoms with Gasteiger partial charge in [-0.25, -0.2) is 4.79 Å². The third-order valence-corrected chi connectivity index (χ3v) is 4.60. The Balaban J connectivity index is 1.60. The van der Waals surface area contributed by atoms with Crippen molar-refractivity contribution in [3.05, 3.63) is 65.4 Å². The van der Waals surface area contributed by atoms with E-state index in [1.54, 1.807) is 19.1 Å². The predicted molar refractivity (Wildman–Crippen MR) is 109 cm³/mol. The van der Waals surface area contributed by atoms with Gasteiger partial charge in [-0.15, -0.1) is 0 Å². The number of fused-ring (bicyclic) bond motifs is 1. The topological polar surface area (TPSA) is 86.6 Å². The standard InChI is InChI=1S/C22H22N2O5/c1-14-8-9-17(22(27)28-3)11-18(14)23-20(25)13-29-21(26)12-24-15(2)10-16-6-4-5-7-19(16)24/h4-11H,12-13H2,1-3H3,(H,23,25). The van der Waals surface area contributed by atoms with Crippen LogP contribution in [0.1, 0.15) is 21.6 Å². The Bertz CT molecular complexity index is 1080. The molecule has 0 saturated heterocycles. The number of benzene rings is 2. The van der Waals surface area contributed by atoms with Gasteiger partial charge in [0.2, 0.25) is 0 Å². The van der Waals surface area contributed by atoms with Gasteiger partial charge >= 0.3 is 11.9 Å². The number of rotatable bonds is 6. The number of amides is 1. The minimum Gasteiger partial charge on any atom is -0.465 e. The minimum absolute atomic E-state index is 0.0173. The van der Waals surface area contributed by atoms with Crippen LogP contribution in [0.15, 0.2) is 48.5 Å². The maximum atomic E-state index is 12.2. The molecule has 0 spiro atoms. The number of nitrogens with zero attached hydrogens (tertiary/aromatic N) is 1. The van der Waals surface area contributed by atoms with Crippen molar-refractivity contribution < 1.29 is 23.9 Å². The molecule has 7 heteroatoms. The number of methoxy groups -OCH3 is 1. The van der Waals surface area contributed by atoms with Crippen LogP contribution in [0.5, 0.6) is 0 Å². The fourth-order valence-electron chi connectivity index (χ4n) is 3.07. The SMILES string of the molecule is COC(=O)c1ccc(C)c(NC(=O)COC(=O)Cn2c(C)cc3ccccc32)c1. The van der Waals surface area contributed by atoms with Crippen LogP contribution in [-0.4, -0.2) is 36.1 Å². The molecule has 0 radical (unpaired) electrons. The summed E-state index contributed by atoms with van der Waals surface area (Å²) in [5.41, 5.74) is 3.41. The number of para-hydroxylation sites is 1. The van der Waals surface area contributed by atoms with Crippen LogP contribution in [0.4, 0.5) is 5.69 Å². The maximum Gasteiger partial charge on any atom is 0.337 e. The van der Waals surface area contributed by atoms with E-state index in [4.69, 9.17) is 4.74 Å². The predicted octanol–water partition coefficient (Wildman–Crippen LogP) is 3.23. The zero-order chi connectivity index (χ0) is 21.0. The Kier molecular flexibility index (Phi) is 5.97. The average molecular weight is 394 g/mol. The molecule has 0 aliphatic carbocycles. The van der Waals surface area contributed by atoms with Crippen LogP contribution in [0.3, 0.4) is 0 Å². The van der Waals surface area contributed by atoms with Gasteiger partial charge in [0.1, 0.15) is 6.54 Å². The van der Waals surface area contributed by atoms with Crippen LogP contribution in [0, 0.1) is 13.8 Å². The number of hydrogen-bond acceptors (Lipinski definition) is 5. The molecule has 0 unspecified atom stereocenters. The second-order valence-electron chi connectivity index (χ2n) is 6.66. The van der Waals surface area contributed by atoms with E-state index in [0.717, 1.165) is 22.2 Å². The summed E-state index contributed by atoms with van der Waals surface area (Å²) in [6.07, 6.45) is 0. The first-order valence-corrected chi connectivity index (χ1v) is 9.08. The molecule has 0 aliphatic heterocycles. The van der Waals surface area contributed by atoms with Gasteiger partial charge in [0, 0.05) is 16.9 Å². The molecule has 0 fully saturated rings. The van der Waals surface area contributed by atoms with Gasteiger partial charge in [-0.05, 0) is 49.1 Å². The first kappa shape index (κ1) is 20.1. The quantitative estimate of drug-likeness (QED) is 0.649. The number of hydrogen-bond donors (Lipinski definition) is 1. The summed E-state index contributed by atoms with van der Waals surface area (Å²) < 4.78 is 11.7. The van der Waals surface area contributed by atoms with E-state index in [9.17, 15) is 14.4 Å². The van der Waals surface area contributed by atoms with E-state index in [2.05, 4.69) is 10.1 Å². The third kappa shape index (κ3) is 4.63. The van der Waals surface area contributed by atoms with Crippen molar-refractivity contribution >= 4 is 34.4 Å². The number of esters is 2. The molecule has 3 rings (SSSR count). The number of anilines is 1. The van der Waals surface area contributed by atoms with Crippen molar-refractivity contribution in [2.75, 3.05) is 19.0 Å². The molecule has 0 bridgehead atoms. The largest absolute Gasteiger partial charge is 0.465 e. The highest BCUT2D eigenvalue weighted by molar-refractivity contribution is 5.96. The second-order valence-corrected chi connectivity index (χ2v) is 6.66. The number of carbonyl (C=O) groups is 3. The molecule has 1 aromatic heterocycles. The van der Waals surface area contributed by atoms with E-state index in [1.165, 1.54) is 13.2 Å². The Morgan fingerprint density at radius 1 is 1.03 bits per heavy atom. The van der Waals surface area contributed by atoms with Gasteiger partial charge in [-0.1, -0.05) is 24.3 Å². The number of ether oxygens (including phenoxy) is 2. The van der Waals surface area contributed by atoms with E-state index in [-0.39, 0.29) is 6.54 Å². The summed E-state index contributed by atoms with van der Waals surface area (Å²) in [4.78, 5) is 36.1. The van der Waals surface area contributed by atoms with Gasteiger partial charge in [0.15, 0.2) is 6.61 Å². The molecule has 1 N–H and O–H groups in total. The van der Waals surface area contributed by atoms with Crippen LogP contribution >= 0.6 is 0 Å².